The summed E-state index contributed by atoms with van der Waals surface area (Å²) in [4.78, 5) is 7.44. The Morgan fingerprint density at radius 2 is 1.50 bits per heavy atom. The molecule has 0 saturated carbocycles. The van der Waals surface area contributed by atoms with Crippen molar-refractivity contribution < 1.29 is 4.39 Å². The Labute approximate surface area is 187 Å². The molecule has 4 heteroatoms. The minimum absolute atomic E-state index is 0.186. The number of nitrogens with zero attached hydrogens (tertiary/aromatic N) is 2. The van der Waals surface area contributed by atoms with Gasteiger partial charge in [-0.05, 0) is 0 Å². The minimum atomic E-state index is -2.44. The molecule has 0 fully saturated rings. The van der Waals surface area contributed by atoms with E-state index in [0.717, 1.165) is 17.9 Å². The molecule has 1 aromatic carbocycles. The van der Waals surface area contributed by atoms with Crippen LogP contribution in [0.3, 0.4) is 0 Å². The van der Waals surface area contributed by atoms with Crippen molar-refractivity contribution in [2.45, 2.75) is 85.1 Å². The number of hydrogen-bond donors (Lipinski definition) is 0. The number of amidine groups is 1. The predicted molar refractivity (Wildman–Crippen MR) is 130 cm³/mol. The maximum atomic E-state index is 13.4. The van der Waals surface area contributed by atoms with Crippen LogP contribution in [0.5, 0.6) is 0 Å². The number of allylic oxidation sites excluding steroid dienone is 2. The summed E-state index contributed by atoms with van der Waals surface area (Å²) in [6.45, 7) is 10.0. The zero-order valence-electron chi connectivity index (χ0n) is 19.4. The van der Waals surface area contributed by atoms with Crippen LogP contribution in [0.15, 0.2) is 51.2 Å². The van der Waals surface area contributed by atoms with Crippen LogP contribution < -0.4 is 0 Å². The van der Waals surface area contributed by atoms with Gasteiger partial charge < -0.3 is 0 Å². The van der Waals surface area contributed by atoms with Gasteiger partial charge in [0.15, 0.2) is 0 Å². The van der Waals surface area contributed by atoms with Crippen molar-refractivity contribution in [3.63, 3.8) is 0 Å². The molecule has 0 saturated heterocycles. The van der Waals surface area contributed by atoms with E-state index in [-0.39, 0.29) is 11.4 Å². The van der Waals surface area contributed by atoms with E-state index in [0.29, 0.717) is 0 Å². The van der Waals surface area contributed by atoms with Crippen LogP contribution in [0.4, 0.5) is 4.39 Å². The van der Waals surface area contributed by atoms with Gasteiger partial charge in [0.2, 0.25) is 0 Å². The zero-order chi connectivity index (χ0) is 21.6. The van der Waals surface area contributed by atoms with Gasteiger partial charge in [-0.15, -0.1) is 0 Å². The molecule has 164 valence electrons. The summed E-state index contributed by atoms with van der Waals surface area (Å²) in [5.41, 5.74) is 0.778. The van der Waals surface area contributed by atoms with E-state index >= 15 is 0 Å². The summed E-state index contributed by atoms with van der Waals surface area (Å²) in [6.07, 6.45) is 15.2. The van der Waals surface area contributed by atoms with E-state index in [2.05, 4.69) is 50.9 Å². The van der Waals surface area contributed by atoms with Crippen LogP contribution in [0.2, 0.25) is 13.3 Å². The predicted octanol–water partition coefficient (Wildman–Crippen LogP) is 7.60. The Hall–Kier alpha value is -1.10. The summed E-state index contributed by atoms with van der Waals surface area (Å²) in [5.74, 6) is 0.877. The van der Waals surface area contributed by atoms with E-state index < -0.39 is 18.4 Å². The zero-order valence-corrected chi connectivity index (χ0v) is 22.2. The molecular weight excluding hydrogens is 478 g/mol. The summed E-state index contributed by atoms with van der Waals surface area (Å²) in [6, 6.07) is 6.88. The van der Waals surface area contributed by atoms with Crippen molar-refractivity contribution in [3.05, 3.63) is 57.6 Å². The average molecular weight is 517 g/mol. The quantitative estimate of drug-likeness (QED) is 0.276. The number of halogens is 1. The Kier molecular flexibility index (Phi) is 8.23. The molecule has 2 nitrogen and oxygen atoms in total. The van der Waals surface area contributed by atoms with Crippen molar-refractivity contribution in [1.29, 1.82) is 0 Å². The first-order valence-corrected chi connectivity index (χ1v) is 19.5. The SMILES string of the molecule is CCC[CH2][Sn]([CH2]CCC)([CH2]CCC)[C]1=CN2CC(C)(c3ccc(F)cc3)N=C2C=C1. The molecule has 2 aliphatic rings. The second-order valence-corrected chi connectivity index (χ2v) is 22.6. The molecule has 0 aliphatic carbocycles. The van der Waals surface area contributed by atoms with E-state index in [1.54, 1.807) is 15.7 Å². The third kappa shape index (κ3) is 5.20. The van der Waals surface area contributed by atoms with Gasteiger partial charge in [-0.2, -0.15) is 0 Å². The van der Waals surface area contributed by atoms with Crippen molar-refractivity contribution in [1.82, 2.24) is 4.90 Å². The molecule has 0 bridgehead atoms. The normalized spacial score (nSPS) is 20.9. The van der Waals surface area contributed by atoms with E-state index in [1.165, 1.54) is 51.8 Å². The van der Waals surface area contributed by atoms with E-state index in [9.17, 15) is 4.39 Å². The number of rotatable bonds is 11. The fourth-order valence-corrected chi connectivity index (χ4v) is 20.9. The summed E-state index contributed by atoms with van der Waals surface area (Å²) in [5, 5.41) is 0. The van der Waals surface area contributed by atoms with Gasteiger partial charge in [-0.25, -0.2) is 0 Å². The Morgan fingerprint density at radius 1 is 0.933 bits per heavy atom. The van der Waals surface area contributed by atoms with Crippen molar-refractivity contribution in [2.75, 3.05) is 6.54 Å². The molecule has 0 N–H and O–H groups in total. The second-order valence-electron chi connectivity index (χ2n) is 9.39. The van der Waals surface area contributed by atoms with Gasteiger partial charge in [0.1, 0.15) is 0 Å². The molecule has 0 spiro atoms. The molecule has 1 aromatic rings. The number of aliphatic imine (C=N–C) groups is 1. The number of unbranched alkanes of at least 4 members (excludes halogenated alkanes) is 3. The van der Waals surface area contributed by atoms with Gasteiger partial charge in [-0.1, -0.05) is 0 Å². The standard InChI is InChI=1S/C14H12FN2.3C4H9.Sn/c1-14(11-5-7-12(15)8-6-11)10-17-9-3-2-4-13(17)16-14;3*1-3-4-2;/h2,4-9H,10H2,1H3;3*1,3-4H2,2H3;. The van der Waals surface area contributed by atoms with E-state index in [4.69, 9.17) is 4.99 Å². The Bertz CT molecular complexity index is 774. The first kappa shape index (κ1) is 23.6. The molecule has 0 radical (unpaired) electrons. The third-order valence-electron chi connectivity index (χ3n) is 6.95. The second kappa shape index (κ2) is 10.5. The fraction of sp³-hybridized carbons (Fsp3) is 0.577. The van der Waals surface area contributed by atoms with Gasteiger partial charge in [0.25, 0.3) is 0 Å². The number of hydrogen-bond acceptors (Lipinski definition) is 2. The van der Waals surface area contributed by atoms with Crippen LogP contribution in [-0.2, 0) is 5.54 Å². The van der Waals surface area contributed by atoms with Gasteiger partial charge in [-0.3, -0.25) is 0 Å². The van der Waals surface area contributed by atoms with Gasteiger partial charge in [0.05, 0.1) is 0 Å². The summed E-state index contributed by atoms with van der Waals surface area (Å²) in [7, 11) is 0. The molecule has 3 rings (SSSR count). The fourth-order valence-electron chi connectivity index (χ4n) is 5.02. The van der Waals surface area contributed by atoms with Crippen molar-refractivity contribution in [2.24, 2.45) is 4.99 Å². The van der Waals surface area contributed by atoms with Gasteiger partial charge in [0, 0.05) is 0 Å². The Morgan fingerprint density at radius 3 is 2.03 bits per heavy atom. The molecule has 2 heterocycles. The van der Waals surface area contributed by atoms with E-state index in [1.807, 2.05) is 12.1 Å². The molecular formula is C26H39FN2Sn. The van der Waals surface area contributed by atoms with Crippen LogP contribution in [0.25, 0.3) is 0 Å². The van der Waals surface area contributed by atoms with Crippen LogP contribution >= 0.6 is 0 Å². The average Bonchev–Trinajstić information content (AvgIpc) is 3.10. The Balaban J connectivity index is 1.88. The molecule has 1 unspecified atom stereocenters. The maximum absolute atomic E-state index is 13.4. The number of benzene rings is 1. The van der Waals surface area contributed by atoms with Crippen molar-refractivity contribution >= 4 is 24.2 Å². The van der Waals surface area contributed by atoms with Crippen LogP contribution in [0.1, 0.15) is 71.8 Å². The first-order chi connectivity index (χ1) is 14.5. The van der Waals surface area contributed by atoms with Crippen LogP contribution in [0, 0.1) is 5.82 Å². The summed E-state index contributed by atoms with van der Waals surface area (Å²) < 4.78 is 19.6. The molecule has 0 amide bonds. The molecule has 1 atom stereocenters. The monoisotopic (exact) mass is 518 g/mol. The van der Waals surface area contributed by atoms with Crippen molar-refractivity contribution in [3.8, 4) is 0 Å². The topological polar surface area (TPSA) is 15.6 Å². The molecule has 2 aliphatic heterocycles. The third-order valence-corrected chi connectivity index (χ3v) is 22.5. The summed E-state index contributed by atoms with van der Waals surface area (Å²) >= 11 is -2.44. The number of fused-ring (bicyclic) bond motifs is 1. The van der Waals surface area contributed by atoms with Gasteiger partial charge >= 0.3 is 188 Å². The van der Waals surface area contributed by atoms with Crippen LogP contribution in [-0.4, -0.2) is 35.7 Å². The molecule has 30 heavy (non-hydrogen) atoms. The first-order valence-electron chi connectivity index (χ1n) is 12.0. The molecule has 0 aromatic heterocycles.